The van der Waals surface area contributed by atoms with Crippen molar-refractivity contribution in [2.45, 2.75) is 20.1 Å². The van der Waals surface area contributed by atoms with Gasteiger partial charge in [0, 0.05) is 6.07 Å². The SMILES string of the molecule is CCOc1cc(CO)cc(OCc2ccccc2)c1. The van der Waals surface area contributed by atoms with Gasteiger partial charge < -0.3 is 14.6 Å². The molecule has 0 bridgehead atoms. The highest BCUT2D eigenvalue weighted by molar-refractivity contribution is 5.38. The van der Waals surface area contributed by atoms with Crippen LogP contribution in [-0.2, 0) is 13.2 Å². The summed E-state index contributed by atoms with van der Waals surface area (Å²) >= 11 is 0. The lowest BCUT2D eigenvalue weighted by Crippen LogP contribution is -1.98. The fourth-order valence-electron chi connectivity index (χ4n) is 1.80. The standard InChI is InChI=1S/C16H18O3/c1-2-18-15-8-14(11-17)9-16(10-15)19-12-13-6-4-3-5-7-13/h3-10,17H,2,11-12H2,1H3. The summed E-state index contributed by atoms with van der Waals surface area (Å²) in [6.07, 6.45) is 0. The van der Waals surface area contributed by atoms with Crippen LogP contribution in [0.3, 0.4) is 0 Å². The average molecular weight is 258 g/mol. The van der Waals surface area contributed by atoms with Crippen LogP contribution in [0.2, 0.25) is 0 Å². The second-order valence-electron chi connectivity index (χ2n) is 4.18. The van der Waals surface area contributed by atoms with Crippen molar-refractivity contribution >= 4 is 0 Å². The van der Waals surface area contributed by atoms with E-state index in [1.165, 1.54) is 0 Å². The van der Waals surface area contributed by atoms with Crippen LogP contribution in [-0.4, -0.2) is 11.7 Å². The molecule has 0 spiro atoms. The lowest BCUT2D eigenvalue weighted by atomic mass is 10.2. The van der Waals surface area contributed by atoms with E-state index in [4.69, 9.17) is 9.47 Å². The first-order chi connectivity index (χ1) is 9.31. The lowest BCUT2D eigenvalue weighted by Gasteiger charge is -2.11. The molecule has 2 aromatic rings. The highest BCUT2D eigenvalue weighted by atomic mass is 16.5. The third-order valence-electron chi connectivity index (χ3n) is 2.68. The van der Waals surface area contributed by atoms with Crippen molar-refractivity contribution in [1.82, 2.24) is 0 Å². The van der Waals surface area contributed by atoms with Crippen molar-refractivity contribution < 1.29 is 14.6 Å². The Morgan fingerprint density at radius 1 is 0.895 bits per heavy atom. The van der Waals surface area contributed by atoms with Crippen molar-refractivity contribution in [3.05, 3.63) is 59.7 Å². The molecule has 2 aromatic carbocycles. The molecule has 0 unspecified atom stereocenters. The van der Waals surface area contributed by atoms with E-state index < -0.39 is 0 Å². The van der Waals surface area contributed by atoms with Crippen LogP contribution in [0, 0.1) is 0 Å². The Hall–Kier alpha value is -2.00. The van der Waals surface area contributed by atoms with Gasteiger partial charge in [0.25, 0.3) is 0 Å². The van der Waals surface area contributed by atoms with Gasteiger partial charge in [0.1, 0.15) is 18.1 Å². The Morgan fingerprint density at radius 3 is 2.21 bits per heavy atom. The second kappa shape index (κ2) is 6.81. The van der Waals surface area contributed by atoms with Crippen LogP contribution in [0.15, 0.2) is 48.5 Å². The topological polar surface area (TPSA) is 38.7 Å². The lowest BCUT2D eigenvalue weighted by molar-refractivity contribution is 0.274. The van der Waals surface area contributed by atoms with E-state index in [9.17, 15) is 5.11 Å². The van der Waals surface area contributed by atoms with E-state index in [2.05, 4.69) is 0 Å². The Bertz CT molecular complexity index is 509. The summed E-state index contributed by atoms with van der Waals surface area (Å²) in [7, 11) is 0. The number of hydrogen-bond acceptors (Lipinski definition) is 3. The molecule has 19 heavy (non-hydrogen) atoms. The summed E-state index contributed by atoms with van der Waals surface area (Å²) < 4.78 is 11.2. The van der Waals surface area contributed by atoms with Crippen LogP contribution in [0.5, 0.6) is 11.5 Å². The van der Waals surface area contributed by atoms with Crippen molar-refractivity contribution in [1.29, 1.82) is 0 Å². The minimum atomic E-state index is -0.0252. The Balaban J connectivity index is 2.08. The van der Waals surface area contributed by atoms with E-state index in [0.29, 0.717) is 19.0 Å². The van der Waals surface area contributed by atoms with Crippen molar-refractivity contribution in [2.75, 3.05) is 6.61 Å². The molecule has 0 amide bonds. The minimum absolute atomic E-state index is 0.0252. The molecule has 0 aromatic heterocycles. The molecule has 0 aliphatic rings. The fourth-order valence-corrected chi connectivity index (χ4v) is 1.80. The number of hydrogen-bond donors (Lipinski definition) is 1. The smallest absolute Gasteiger partial charge is 0.123 e. The van der Waals surface area contributed by atoms with Gasteiger partial charge in [-0.2, -0.15) is 0 Å². The molecular weight excluding hydrogens is 240 g/mol. The van der Waals surface area contributed by atoms with Gasteiger partial charge in [-0.3, -0.25) is 0 Å². The monoisotopic (exact) mass is 258 g/mol. The number of rotatable bonds is 6. The van der Waals surface area contributed by atoms with Crippen LogP contribution in [0.25, 0.3) is 0 Å². The predicted molar refractivity (Wildman–Crippen MR) is 74.3 cm³/mol. The summed E-state index contributed by atoms with van der Waals surface area (Å²) in [6, 6.07) is 15.4. The predicted octanol–water partition coefficient (Wildman–Crippen LogP) is 3.16. The zero-order chi connectivity index (χ0) is 13.5. The average Bonchev–Trinajstić information content (AvgIpc) is 2.46. The zero-order valence-electron chi connectivity index (χ0n) is 11.0. The van der Waals surface area contributed by atoms with E-state index in [0.717, 1.165) is 16.9 Å². The largest absolute Gasteiger partial charge is 0.494 e. The third kappa shape index (κ3) is 4.00. The van der Waals surface area contributed by atoms with Gasteiger partial charge in [0.2, 0.25) is 0 Å². The maximum Gasteiger partial charge on any atom is 0.123 e. The molecule has 0 heterocycles. The minimum Gasteiger partial charge on any atom is -0.494 e. The molecule has 0 aliphatic heterocycles. The van der Waals surface area contributed by atoms with E-state index >= 15 is 0 Å². The summed E-state index contributed by atoms with van der Waals surface area (Å²) in [5, 5.41) is 9.23. The van der Waals surface area contributed by atoms with Gasteiger partial charge in [0.15, 0.2) is 0 Å². The number of aliphatic hydroxyl groups is 1. The van der Waals surface area contributed by atoms with Gasteiger partial charge in [-0.1, -0.05) is 30.3 Å². The normalized spacial score (nSPS) is 10.2. The maximum absolute atomic E-state index is 9.23. The van der Waals surface area contributed by atoms with Crippen LogP contribution in [0.1, 0.15) is 18.1 Å². The molecule has 3 nitrogen and oxygen atoms in total. The van der Waals surface area contributed by atoms with Gasteiger partial charge in [-0.15, -0.1) is 0 Å². The molecule has 2 rings (SSSR count). The molecule has 0 radical (unpaired) electrons. The van der Waals surface area contributed by atoms with Gasteiger partial charge in [-0.25, -0.2) is 0 Å². The first-order valence-corrected chi connectivity index (χ1v) is 6.36. The molecule has 0 saturated heterocycles. The molecule has 0 saturated carbocycles. The molecule has 0 aliphatic carbocycles. The molecule has 0 atom stereocenters. The highest BCUT2D eigenvalue weighted by Crippen LogP contribution is 2.24. The third-order valence-corrected chi connectivity index (χ3v) is 2.68. The van der Waals surface area contributed by atoms with Crippen molar-refractivity contribution in [3.8, 4) is 11.5 Å². The number of benzene rings is 2. The molecule has 100 valence electrons. The van der Waals surface area contributed by atoms with Gasteiger partial charge >= 0.3 is 0 Å². The molecule has 1 N–H and O–H groups in total. The number of aliphatic hydroxyl groups excluding tert-OH is 1. The van der Waals surface area contributed by atoms with Crippen LogP contribution < -0.4 is 9.47 Å². The summed E-state index contributed by atoms with van der Waals surface area (Å²) in [6.45, 7) is 2.99. The van der Waals surface area contributed by atoms with Crippen molar-refractivity contribution in [3.63, 3.8) is 0 Å². The van der Waals surface area contributed by atoms with Crippen LogP contribution in [0.4, 0.5) is 0 Å². The van der Waals surface area contributed by atoms with E-state index in [1.54, 1.807) is 0 Å². The molecule has 0 fully saturated rings. The first kappa shape index (κ1) is 13.4. The zero-order valence-corrected chi connectivity index (χ0v) is 11.0. The van der Waals surface area contributed by atoms with Gasteiger partial charge in [-0.05, 0) is 30.2 Å². The maximum atomic E-state index is 9.23. The van der Waals surface area contributed by atoms with E-state index in [-0.39, 0.29) is 6.61 Å². The van der Waals surface area contributed by atoms with Gasteiger partial charge in [0.05, 0.1) is 13.2 Å². The first-order valence-electron chi connectivity index (χ1n) is 6.36. The second-order valence-corrected chi connectivity index (χ2v) is 4.18. The summed E-state index contributed by atoms with van der Waals surface area (Å²) in [5.74, 6) is 1.43. The summed E-state index contributed by atoms with van der Waals surface area (Å²) in [5.41, 5.74) is 1.89. The van der Waals surface area contributed by atoms with Crippen LogP contribution >= 0.6 is 0 Å². The highest BCUT2D eigenvalue weighted by Gasteiger charge is 2.03. The quantitative estimate of drug-likeness (QED) is 0.865. The number of ether oxygens (including phenoxy) is 2. The van der Waals surface area contributed by atoms with Crippen molar-refractivity contribution in [2.24, 2.45) is 0 Å². The molecular formula is C16H18O3. The van der Waals surface area contributed by atoms with E-state index in [1.807, 2.05) is 55.5 Å². The summed E-state index contributed by atoms with van der Waals surface area (Å²) in [4.78, 5) is 0. The fraction of sp³-hybridized carbons (Fsp3) is 0.250. The Kier molecular flexibility index (Phi) is 4.81. The Labute approximate surface area is 113 Å². The Morgan fingerprint density at radius 2 is 1.58 bits per heavy atom. The molecule has 3 heteroatoms.